The third-order valence-electron chi connectivity index (χ3n) is 3.69. The highest BCUT2D eigenvalue weighted by Gasteiger charge is 2.14. The number of hydrogen-bond acceptors (Lipinski definition) is 3. The molecule has 0 radical (unpaired) electrons. The van der Waals surface area contributed by atoms with Gasteiger partial charge in [0, 0.05) is 0 Å². The molecule has 0 fully saturated rings. The van der Waals surface area contributed by atoms with E-state index in [2.05, 4.69) is 17.1 Å². The van der Waals surface area contributed by atoms with Crippen molar-refractivity contribution in [2.24, 2.45) is 0 Å². The number of phenols is 1. The van der Waals surface area contributed by atoms with E-state index in [1.54, 1.807) is 6.07 Å². The number of benzene rings is 2. The van der Waals surface area contributed by atoms with Crippen molar-refractivity contribution in [3.05, 3.63) is 46.5 Å². The van der Waals surface area contributed by atoms with Crippen molar-refractivity contribution in [2.75, 3.05) is 0 Å². The highest BCUT2D eigenvalue weighted by molar-refractivity contribution is 6.34. The maximum Gasteiger partial charge on any atom is 0.146 e. The van der Waals surface area contributed by atoms with Crippen molar-refractivity contribution in [3.8, 4) is 11.4 Å². The molecular weight excluding hydrogens is 298 g/mol. The predicted molar refractivity (Wildman–Crippen MR) is 88.9 cm³/mol. The SMILES string of the molecule is CCCCc1cc(C)cc(-n2nc3cccc(Cl)c3n2)c1O. The van der Waals surface area contributed by atoms with Crippen LogP contribution in [0, 0.1) is 6.92 Å². The topological polar surface area (TPSA) is 50.9 Å². The van der Waals surface area contributed by atoms with E-state index in [0.29, 0.717) is 21.7 Å². The minimum Gasteiger partial charge on any atom is -0.505 e. The summed E-state index contributed by atoms with van der Waals surface area (Å²) in [6, 6.07) is 9.38. The first-order valence-electron chi connectivity index (χ1n) is 7.44. The van der Waals surface area contributed by atoms with E-state index in [1.807, 2.05) is 31.2 Å². The van der Waals surface area contributed by atoms with Crippen LogP contribution in [0.5, 0.6) is 5.75 Å². The molecule has 1 heterocycles. The molecule has 0 saturated heterocycles. The highest BCUT2D eigenvalue weighted by Crippen LogP contribution is 2.30. The normalized spacial score (nSPS) is 11.2. The van der Waals surface area contributed by atoms with Crippen molar-refractivity contribution >= 4 is 22.6 Å². The van der Waals surface area contributed by atoms with E-state index in [0.717, 1.165) is 30.4 Å². The number of hydrogen-bond donors (Lipinski definition) is 1. The fourth-order valence-corrected chi connectivity index (χ4v) is 2.76. The van der Waals surface area contributed by atoms with E-state index in [1.165, 1.54) is 4.80 Å². The smallest absolute Gasteiger partial charge is 0.146 e. The van der Waals surface area contributed by atoms with Gasteiger partial charge in [-0.15, -0.1) is 15.0 Å². The molecule has 22 heavy (non-hydrogen) atoms. The molecule has 0 spiro atoms. The van der Waals surface area contributed by atoms with Crippen molar-refractivity contribution in [1.82, 2.24) is 15.0 Å². The van der Waals surface area contributed by atoms with Gasteiger partial charge >= 0.3 is 0 Å². The third-order valence-corrected chi connectivity index (χ3v) is 4.00. The Morgan fingerprint density at radius 1 is 1.23 bits per heavy atom. The Morgan fingerprint density at radius 2 is 2.05 bits per heavy atom. The number of aryl methyl sites for hydroxylation is 2. The summed E-state index contributed by atoms with van der Waals surface area (Å²) >= 11 is 6.15. The molecule has 5 heteroatoms. The summed E-state index contributed by atoms with van der Waals surface area (Å²) in [5.74, 6) is 0.246. The summed E-state index contributed by atoms with van der Waals surface area (Å²) in [7, 11) is 0. The number of halogens is 1. The largest absolute Gasteiger partial charge is 0.505 e. The van der Waals surface area contributed by atoms with Gasteiger partial charge in [0.15, 0.2) is 0 Å². The molecule has 0 amide bonds. The van der Waals surface area contributed by atoms with Crippen LogP contribution < -0.4 is 0 Å². The third kappa shape index (κ3) is 2.66. The Morgan fingerprint density at radius 3 is 2.77 bits per heavy atom. The van der Waals surface area contributed by atoms with E-state index in [4.69, 9.17) is 11.6 Å². The number of aromatic hydroxyl groups is 1. The van der Waals surface area contributed by atoms with Gasteiger partial charge in [-0.05, 0) is 49.1 Å². The second-order valence-electron chi connectivity index (χ2n) is 5.49. The first-order chi connectivity index (χ1) is 10.6. The van der Waals surface area contributed by atoms with Crippen LogP contribution >= 0.6 is 11.6 Å². The maximum absolute atomic E-state index is 10.6. The van der Waals surface area contributed by atoms with Crippen LogP contribution in [0.4, 0.5) is 0 Å². The zero-order valence-corrected chi connectivity index (χ0v) is 13.4. The van der Waals surface area contributed by atoms with Gasteiger partial charge in [0.2, 0.25) is 0 Å². The number of nitrogens with zero attached hydrogens (tertiary/aromatic N) is 3. The van der Waals surface area contributed by atoms with Gasteiger partial charge in [0.1, 0.15) is 22.5 Å². The van der Waals surface area contributed by atoms with E-state index in [9.17, 15) is 5.11 Å². The highest BCUT2D eigenvalue weighted by atomic mass is 35.5. The van der Waals surface area contributed by atoms with Crippen LogP contribution in [-0.4, -0.2) is 20.1 Å². The fourth-order valence-electron chi connectivity index (χ4n) is 2.55. The lowest BCUT2D eigenvalue weighted by atomic mass is 10.0. The average Bonchev–Trinajstić information content (AvgIpc) is 2.93. The molecule has 4 nitrogen and oxygen atoms in total. The van der Waals surface area contributed by atoms with E-state index in [-0.39, 0.29) is 5.75 Å². The minimum absolute atomic E-state index is 0.246. The number of fused-ring (bicyclic) bond motifs is 1. The first-order valence-corrected chi connectivity index (χ1v) is 7.82. The molecule has 114 valence electrons. The van der Waals surface area contributed by atoms with Crippen LogP contribution in [0.3, 0.4) is 0 Å². The number of unbranched alkanes of at least 4 members (excludes halogenated alkanes) is 1. The van der Waals surface area contributed by atoms with Crippen LogP contribution in [0.1, 0.15) is 30.9 Å². The molecule has 3 aromatic rings. The van der Waals surface area contributed by atoms with Gasteiger partial charge in [0.25, 0.3) is 0 Å². The number of rotatable bonds is 4. The van der Waals surface area contributed by atoms with Crippen molar-refractivity contribution in [3.63, 3.8) is 0 Å². The van der Waals surface area contributed by atoms with Gasteiger partial charge in [-0.3, -0.25) is 0 Å². The number of phenolic OH excluding ortho intramolecular Hbond substituents is 1. The average molecular weight is 316 g/mol. The Labute approximate surface area is 134 Å². The summed E-state index contributed by atoms with van der Waals surface area (Å²) in [5, 5.41) is 20.0. The van der Waals surface area contributed by atoms with Crippen molar-refractivity contribution in [1.29, 1.82) is 0 Å². The minimum atomic E-state index is 0.246. The first kappa shape index (κ1) is 14.9. The molecule has 3 rings (SSSR count). The summed E-state index contributed by atoms with van der Waals surface area (Å²) in [4.78, 5) is 1.47. The Balaban J connectivity index is 2.13. The summed E-state index contributed by atoms with van der Waals surface area (Å²) < 4.78 is 0. The quantitative estimate of drug-likeness (QED) is 0.774. The standard InChI is InChI=1S/C17H18ClN3O/c1-3-4-6-12-9-11(2)10-15(17(12)22)21-19-14-8-5-7-13(18)16(14)20-21/h5,7-10,22H,3-4,6H2,1-2H3. The molecule has 0 atom stereocenters. The molecule has 0 unspecified atom stereocenters. The lowest BCUT2D eigenvalue weighted by Gasteiger charge is -2.10. The summed E-state index contributed by atoms with van der Waals surface area (Å²) in [6.07, 6.45) is 2.97. The Bertz CT molecular complexity index is 826. The lowest BCUT2D eigenvalue weighted by molar-refractivity contribution is 0.459. The van der Waals surface area contributed by atoms with Gasteiger partial charge in [0.05, 0.1) is 5.02 Å². The van der Waals surface area contributed by atoms with E-state index >= 15 is 0 Å². The fraction of sp³-hybridized carbons (Fsp3) is 0.294. The zero-order chi connectivity index (χ0) is 15.7. The summed E-state index contributed by atoms with van der Waals surface area (Å²) in [6.45, 7) is 4.14. The molecule has 1 aromatic heterocycles. The Kier molecular flexibility index (Phi) is 4.03. The van der Waals surface area contributed by atoms with Crippen LogP contribution in [-0.2, 0) is 6.42 Å². The molecule has 0 bridgehead atoms. The zero-order valence-electron chi connectivity index (χ0n) is 12.7. The maximum atomic E-state index is 10.6. The van der Waals surface area contributed by atoms with Crippen molar-refractivity contribution in [2.45, 2.75) is 33.1 Å². The van der Waals surface area contributed by atoms with E-state index < -0.39 is 0 Å². The van der Waals surface area contributed by atoms with Gasteiger partial charge in [-0.25, -0.2) is 0 Å². The van der Waals surface area contributed by atoms with Crippen LogP contribution in [0.25, 0.3) is 16.7 Å². The van der Waals surface area contributed by atoms with Crippen LogP contribution in [0.15, 0.2) is 30.3 Å². The molecule has 0 saturated carbocycles. The van der Waals surface area contributed by atoms with Crippen LogP contribution in [0.2, 0.25) is 5.02 Å². The summed E-state index contributed by atoms with van der Waals surface area (Å²) in [5.41, 5.74) is 3.96. The molecule has 0 aliphatic heterocycles. The van der Waals surface area contributed by atoms with Gasteiger partial charge < -0.3 is 5.11 Å². The Hall–Kier alpha value is -2.07. The van der Waals surface area contributed by atoms with Crippen molar-refractivity contribution < 1.29 is 5.11 Å². The monoisotopic (exact) mass is 315 g/mol. The molecular formula is C17H18ClN3O. The van der Waals surface area contributed by atoms with Gasteiger partial charge in [-0.2, -0.15) is 0 Å². The molecule has 2 aromatic carbocycles. The second-order valence-corrected chi connectivity index (χ2v) is 5.90. The number of aromatic nitrogens is 3. The lowest BCUT2D eigenvalue weighted by Crippen LogP contribution is -2.02. The van der Waals surface area contributed by atoms with Gasteiger partial charge in [-0.1, -0.05) is 37.1 Å². The molecule has 1 N–H and O–H groups in total. The molecule has 0 aliphatic rings. The predicted octanol–water partition coefficient (Wildman–Crippen LogP) is 4.43. The second kappa shape index (κ2) is 5.97. The molecule has 0 aliphatic carbocycles.